The van der Waals surface area contributed by atoms with Crippen LogP contribution in [0.3, 0.4) is 0 Å². The summed E-state index contributed by atoms with van der Waals surface area (Å²) < 4.78 is 60.7. The predicted molar refractivity (Wildman–Crippen MR) is 113 cm³/mol. The number of aryl methyl sites for hydroxylation is 2. The summed E-state index contributed by atoms with van der Waals surface area (Å²) in [6.45, 7) is 1.80. The molecule has 0 spiro atoms. The van der Waals surface area contributed by atoms with E-state index in [2.05, 4.69) is 0 Å². The summed E-state index contributed by atoms with van der Waals surface area (Å²) >= 11 is 0. The van der Waals surface area contributed by atoms with Crippen molar-refractivity contribution in [3.8, 4) is 0 Å². The molecule has 0 aliphatic carbocycles. The molecule has 0 saturated carbocycles. The van der Waals surface area contributed by atoms with Crippen LogP contribution in [0.5, 0.6) is 0 Å². The van der Waals surface area contributed by atoms with Crippen molar-refractivity contribution in [2.45, 2.75) is 30.6 Å². The Kier molecular flexibility index (Phi) is 6.67. The van der Waals surface area contributed by atoms with Crippen LogP contribution >= 0.6 is 0 Å². The Hall–Kier alpha value is -2.99. The molecule has 0 radical (unpaired) electrons. The van der Waals surface area contributed by atoms with Crippen molar-refractivity contribution in [3.63, 3.8) is 0 Å². The highest BCUT2D eigenvalue weighted by Gasteiger charge is 2.41. The van der Waals surface area contributed by atoms with Crippen LogP contribution in [-0.2, 0) is 26.6 Å². The van der Waals surface area contributed by atoms with Gasteiger partial charge in [-0.1, -0.05) is 78.4 Å². The molecule has 0 fully saturated rings. The monoisotopic (exact) mass is 428 g/mol. The number of allylic oxidation sites excluding steroid dienone is 2. The summed E-state index contributed by atoms with van der Waals surface area (Å²) in [6, 6.07) is 22.2. The van der Waals surface area contributed by atoms with Gasteiger partial charge in [0.15, 0.2) is 5.76 Å². The van der Waals surface area contributed by atoms with E-state index in [0.717, 1.165) is 17.2 Å². The average molecular weight is 429 g/mol. The van der Waals surface area contributed by atoms with Crippen molar-refractivity contribution in [1.82, 2.24) is 0 Å². The summed E-state index contributed by atoms with van der Waals surface area (Å²) in [4.78, 5) is -0.175. The van der Waals surface area contributed by atoms with Crippen LogP contribution in [0.1, 0.15) is 23.1 Å². The fourth-order valence-electron chi connectivity index (χ4n) is 2.89. The summed E-state index contributed by atoms with van der Waals surface area (Å²) in [5.41, 5.74) is 1.47. The van der Waals surface area contributed by atoms with E-state index in [0.29, 0.717) is 6.42 Å². The quantitative estimate of drug-likeness (QED) is 0.326. The minimum Gasteiger partial charge on any atom is -0.377 e. The molecule has 0 atom stereocenters. The van der Waals surface area contributed by atoms with Gasteiger partial charge in [0.1, 0.15) is 4.90 Å². The first-order chi connectivity index (χ1) is 14.3. The second kappa shape index (κ2) is 9.22. The normalized spacial score (nSPS) is 12.6. The Balaban J connectivity index is 1.92. The highest BCUT2D eigenvalue weighted by molar-refractivity contribution is 7.86. The number of hydrogen-bond acceptors (Lipinski definition) is 3. The Morgan fingerprint density at radius 1 is 0.900 bits per heavy atom. The highest BCUT2D eigenvalue weighted by Crippen LogP contribution is 2.38. The third-order valence-corrected chi connectivity index (χ3v) is 5.81. The van der Waals surface area contributed by atoms with E-state index in [1.807, 2.05) is 30.3 Å². The van der Waals surface area contributed by atoms with Crippen LogP contribution in [0, 0.1) is 6.92 Å². The molecule has 30 heavy (non-hydrogen) atoms. The van der Waals surface area contributed by atoms with Crippen molar-refractivity contribution in [2.24, 2.45) is 0 Å². The van der Waals surface area contributed by atoms with E-state index in [1.54, 1.807) is 25.1 Å². The van der Waals surface area contributed by atoms with Gasteiger partial charge in [0.25, 0.3) is 0 Å². The van der Waals surface area contributed by atoms with Crippen molar-refractivity contribution in [1.29, 1.82) is 0 Å². The first-order valence-electron chi connectivity index (χ1n) is 9.48. The number of alkyl halides is 2. The molecule has 0 aliphatic heterocycles. The topological polar surface area (TPSA) is 43.4 Å². The largest absolute Gasteiger partial charge is 0.377 e. The average Bonchev–Trinajstić information content (AvgIpc) is 2.74. The second-order valence-electron chi connectivity index (χ2n) is 6.88. The smallest absolute Gasteiger partial charge is 0.339 e. The lowest BCUT2D eigenvalue weighted by atomic mass is 10.0. The lowest BCUT2D eigenvalue weighted by molar-refractivity contribution is 0.00140. The van der Waals surface area contributed by atoms with Gasteiger partial charge in [0.2, 0.25) is 0 Å². The lowest BCUT2D eigenvalue weighted by Gasteiger charge is -2.21. The summed E-state index contributed by atoms with van der Waals surface area (Å²) in [5, 5.41) is 0. The number of halogens is 2. The van der Waals surface area contributed by atoms with Crippen LogP contribution in [0.15, 0.2) is 102 Å². The zero-order chi connectivity index (χ0) is 21.6. The fraction of sp³-hybridized carbons (Fsp3) is 0.167. The van der Waals surface area contributed by atoms with Gasteiger partial charge in [-0.2, -0.15) is 17.2 Å². The van der Waals surface area contributed by atoms with Gasteiger partial charge in [0, 0.05) is 5.56 Å². The number of benzene rings is 3. The molecule has 6 heteroatoms. The van der Waals surface area contributed by atoms with Crippen molar-refractivity contribution in [2.75, 3.05) is 0 Å². The molecular weight excluding hydrogens is 406 g/mol. The maximum atomic E-state index is 15.2. The third-order valence-electron chi connectivity index (χ3n) is 4.56. The maximum Gasteiger partial charge on any atom is 0.339 e. The molecule has 3 aromatic carbocycles. The molecule has 3 rings (SSSR count). The zero-order valence-electron chi connectivity index (χ0n) is 16.5. The first-order valence-corrected chi connectivity index (χ1v) is 10.9. The van der Waals surface area contributed by atoms with Crippen LogP contribution in [-0.4, -0.2) is 8.42 Å². The summed E-state index contributed by atoms with van der Waals surface area (Å²) in [6.07, 6.45) is 1.83. The fourth-order valence-corrected chi connectivity index (χ4v) is 3.86. The Morgan fingerprint density at radius 3 is 2.07 bits per heavy atom. The summed E-state index contributed by atoms with van der Waals surface area (Å²) in [7, 11) is -4.41. The molecule has 0 saturated heterocycles. The minimum atomic E-state index is -4.41. The van der Waals surface area contributed by atoms with Crippen molar-refractivity contribution in [3.05, 3.63) is 113 Å². The Morgan fingerprint density at radius 2 is 1.47 bits per heavy atom. The molecule has 0 N–H and O–H groups in total. The van der Waals surface area contributed by atoms with Gasteiger partial charge in [-0.3, -0.25) is 0 Å². The van der Waals surface area contributed by atoms with Crippen molar-refractivity contribution >= 4 is 10.1 Å². The zero-order valence-corrected chi connectivity index (χ0v) is 17.3. The second-order valence-corrected chi connectivity index (χ2v) is 8.43. The van der Waals surface area contributed by atoms with E-state index in [9.17, 15) is 8.42 Å². The predicted octanol–water partition coefficient (Wildman–Crippen LogP) is 6.01. The Bertz CT molecular complexity index is 1090. The molecule has 0 aromatic heterocycles. The van der Waals surface area contributed by atoms with Crippen LogP contribution < -0.4 is 0 Å². The standard InChI is InChI=1S/C24H22F2O3S/c1-19-15-17-22(18-16-19)30(27,28)29-23(14-8-11-20-9-4-2-5-10-20)24(25,26)21-12-6-3-7-13-21/h2-7,9-10,12-18H,8,11H2,1H3/b23-14-. The molecular formula is C24H22F2O3S. The van der Waals surface area contributed by atoms with Gasteiger partial charge in [-0.25, -0.2) is 0 Å². The molecule has 3 nitrogen and oxygen atoms in total. The lowest BCUT2D eigenvalue weighted by Crippen LogP contribution is -2.22. The van der Waals surface area contributed by atoms with Crippen LogP contribution in [0.2, 0.25) is 0 Å². The molecule has 0 bridgehead atoms. The van der Waals surface area contributed by atoms with E-state index in [4.69, 9.17) is 4.18 Å². The first kappa shape index (κ1) is 21.7. The van der Waals surface area contributed by atoms with Gasteiger partial charge < -0.3 is 4.18 Å². The van der Waals surface area contributed by atoms with E-state index >= 15 is 8.78 Å². The van der Waals surface area contributed by atoms with Gasteiger partial charge >= 0.3 is 16.0 Å². The molecule has 156 valence electrons. The molecule has 0 heterocycles. The van der Waals surface area contributed by atoms with E-state index < -0.39 is 21.8 Å². The van der Waals surface area contributed by atoms with Gasteiger partial charge in [0.05, 0.1) is 0 Å². The SMILES string of the molecule is Cc1ccc(S(=O)(=O)O/C(=C\CCc2ccccc2)C(F)(F)c2ccccc2)cc1. The van der Waals surface area contributed by atoms with Gasteiger partial charge in [-0.15, -0.1) is 0 Å². The Labute approximate surface area is 175 Å². The number of rotatable bonds is 8. The van der Waals surface area contributed by atoms with Gasteiger partial charge in [-0.05, 0) is 43.5 Å². The molecule has 0 unspecified atom stereocenters. The maximum absolute atomic E-state index is 15.2. The molecule has 0 amide bonds. The third kappa shape index (κ3) is 5.33. The van der Waals surface area contributed by atoms with E-state index in [-0.39, 0.29) is 16.9 Å². The summed E-state index contributed by atoms with van der Waals surface area (Å²) in [5.74, 6) is -4.50. The highest BCUT2D eigenvalue weighted by atomic mass is 32.2. The molecule has 0 aliphatic rings. The van der Waals surface area contributed by atoms with Crippen LogP contribution in [0.25, 0.3) is 0 Å². The van der Waals surface area contributed by atoms with E-state index in [1.165, 1.54) is 36.4 Å². The minimum absolute atomic E-state index is 0.175. The number of hydrogen-bond donors (Lipinski definition) is 0. The molecule has 3 aromatic rings. The van der Waals surface area contributed by atoms with Crippen molar-refractivity contribution < 1.29 is 21.4 Å². The van der Waals surface area contributed by atoms with Crippen LogP contribution in [0.4, 0.5) is 8.78 Å².